The molecule has 0 aliphatic heterocycles. The van der Waals surface area contributed by atoms with Gasteiger partial charge in [-0.3, -0.25) is 0 Å². The second-order valence-electron chi connectivity index (χ2n) is 4.41. The van der Waals surface area contributed by atoms with Crippen molar-refractivity contribution in [3.8, 4) is 5.75 Å². The van der Waals surface area contributed by atoms with Crippen molar-refractivity contribution in [2.24, 2.45) is 0 Å². The van der Waals surface area contributed by atoms with Gasteiger partial charge in [0.25, 0.3) is 0 Å². The predicted molar refractivity (Wildman–Crippen MR) is 73.5 cm³/mol. The lowest BCUT2D eigenvalue weighted by molar-refractivity contribution is 0.273. The normalized spacial score (nSPS) is 10.8. The summed E-state index contributed by atoms with van der Waals surface area (Å²) in [7, 11) is 0. The van der Waals surface area contributed by atoms with Gasteiger partial charge in [0.05, 0.1) is 18.1 Å². The van der Waals surface area contributed by atoms with Crippen molar-refractivity contribution < 1.29 is 14.3 Å². The summed E-state index contributed by atoms with van der Waals surface area (Å²) in [5.74, 6) is 0.578. The van der Waals surface area contributed by atoms with Gasteiger partial charge in [0, 0.05) is 6.61 Å². The van der Waals surface area contributed by atoms with Crippen molar-refractivity contribution in [1.29, 1.82) is 0 Å². The average molecular weight is 262 g/mol. The first-order valence-corrected chi connectivity index (χ1v) is 6.58. The molecule has 0 fully saturated rings. The van der Waals surface area contributed by atoms with E-state index in [2.05, 4.69) is 0 Å². The number of hydrogen-bond donors (Lipinski definition) is 1. The van der Waals surface area contributed by atoms with Crippen LogP contribution in [0.15, 0.2) is 39.5 Å². The van der Waals surface area contributed by atoms with Gasteiger partial charge < -0.3 is 14.3 Å². The van der Waals surface area contributed by atoms with Crippen LogP contribution in [0.3, 0.4) is 0 Å². The van der Waals surface area contributed by atoms with E-state index in [9.17, 15) is 4.79 Å². The van der Waals surface area contributed by atoms with E-state index in [1.165, 1.54) is 6.07 Å². The molecule has 0 aliphatic carbocycles. The minimum Gasteiger partial charge on any atom is -0.493 e. The third-order valence-corrected chi connectivity index (χ3v) is 2.92. The molecule has 1 aromatic carbocycles. The Morgan fingerprint density at radius 3 is 2.74 bits per heavy atom. The van der Waals surface area contributed by atoms with E-state index in [1.807, 2.05) is 18.2 Å². The van der Waals surface area contributed by atoms with Crippen LogP contribution in [0.4, 0.5) is 0 Å². The standard InChI is InChI=1S/C15H18O4/c16-9-5-1-2-6-10-18-14-11-15(17)19-13-8-4-3-7-12(13)14/h3-4,7-8,11,16H,1-2,5-6,9-10H2. The van der Waals surface area contributed by atoms with Crippen LogP contribution in [0, 0.1) is 0 Å². The molecule has 0 amide bonds. The predicted octanol–water partition coefficient (Wildman–Crippen LogP) is 2.72. The molecule has 102 valence electrons. The van der Waals surface area contributed by atoms with Crippen molar-refractivity contribution in [3.05, 3.63) is 40.8 Å². The second kappa shape index (κ2) is 6.95. The summed E-state index contributed by atoms with van der Waals surface area (Å²) < 4.78 is 10.8. The van der Waals surface area contributed by atoms with Gasteiger partial charge >= 0.3 is 5.63 Å². The molecule has 4 heteroatoms. The molecule has 0 bridgehead atoms. The third-order valence-electron chi connectivity index (χ3n) is 2.92. The quantitative estimate of drug-likeness (QED) is 0.615. The molecule has 1 heterocycles. The first-order valence-electron chi connectivity index (χ1n) is 6.58. The summed E-state index contributed by atoms with van der Waals surface area (Å²) in [6, 6.07) is 8.72. The zero-order chi connectivity index (χ0) is 13.5. The minimum absolute atomic E-state index is 0.241. The Hall–Kier alpha value is -1.81. The summed E-state index contributed by atoms with van der Waals surface area (Å²) in [6.45, 7) is 0.810. The largest absolute Gasteiger partial charge is 0.493 e. The third kappa shape index (κ3) is 3.83. The van der Waals surface area contributed by atoms with E-state index in [4.69, 9.17) is 14.3 Å². The smallest absolute Gasteiger partial charge is 0.339 e. The summed E-state index contributed by atoms with van der Waals surface area (Å²) in [6.07, 6.45) is 3.75. The van der Waals surface area contributed by atoms with Crippen LogP contribution in [0.2, 0.25) is 0 Å². The number of aliphatic hydroxyl groups excluding tert-OH is 1. The molecule has 0 radical (unpaired) electrons. The first kappa shape index (κ1) is 13.6. The summed E-state index contributed by atoms with van der Waals surface area (Å²) in [5.41, 5.74) is 0.152. The lowest BCUT2D eigenvalue weighted by Crippen LogP contribution is -2.03. The molecule has 0 atom stereocenters. The number of rotatable bonds is 7. The number of aliphatic hydroxyl groups is 1. The molecule has 1 aromatic heterocycles. The lowest BCUT2D eigenvalue weighted by Gasteiger charge is -2.08. The van der Waals surface area contributed by atoms with E-state index in [1.54, 1.807) is 6.07 Å². The summed E-state index contributed by atoms with van der Waals surface area (Å²) in [4.78, 5) is 11.4. The van der Waals surface area contributed by atoms with Crippen LogP contribution >= 0.6 is 0 Å². The Balaban J connectivity index is 1.98. The van der Waals surface area contributed by atoms with Gasteiger partial charge in [0.15, 0.2) is 0 Å². The van der Waals surface area contributed by atoms with Crippen molar-refractivity contribution in [2.75, 3.05) is 13.2 Å². The zero-order valence-electron chi connectivity index (χ0n) is 10.8. The number of benzene rings is 1. The highest BCUT2D eigenvalue weighted by molar-refractivity contribution is 5.82. The molecular weight excluding hydrogens is 244 g/mol. The van der Waals surface area contributed by atoms with E-state index >= 15 is 0 Å². The number of hydrogen-bond acceptors (Lipinski definition) is 4. The molecule has 0 unspecified atom stereocenters. The number of ether oxygens (including phenoxy) is 1. The number of unbranched alkanes of at least 4 members (excludes halogenated alkanes) is 3. The highest BCUT2D eigenvalue weighted by Gasteiger charge is 2.05. The van der Waals surface area contributed by atoms with Gasteiger partial charge in [-0.05, 0) is 31.4 Å². The van der Waals surface area contributed by atoms with Gasteiger partial charge in [-0.2, -0.15) is 0 Å². The van der Waals surface area contributed by atoms with Crippen LogP contribution in [0.25, 0.3) is 11.0 Å². The van der Waals surface area contributed by atoms with Gasteiger partial charge in [0.1, 0.15) is 11.3 Å². The Morgan fingerprint density at radius 1 is 1.11 bits per heavy atom. The SMILES string of the molecule is O=c1cc(OCCCCCCO)c2ccccc2o1. The van der Waals surface area contributed by atoms with Crippen molar-refractivity contribution in [1.82, 2.24) is 0 Å². The summed E-state index contributed by atoms with van der Waals surface area (Å²) in [5, 5.41) is 9.49. The molecule has 2 aromatic rings. The Bertz CT molecular complexity index is 574. The van der Waals surface area contributed by atoms with E-state index in [-0.39, 0.29) is 6.61 Å². The van der Waals surface area contributed by atoms with Crippen molar-refractivity contribution in [3.63, 3.8) is 0 Å². The molecule has 0 spiro atoms. The fourth-order valence-electron chi connectivity index (χ4n) is 1.95. The van der Waals surface area contributed by atoms with Gasteiger partial charge in [-0.25, -0.2) is 4.79 Å². The average Bonchev–Trinajstić information content (AvgIpc) is 2.42. The molecule has 0 saturated carbocycles. The monoisotopic (exact) mass is 262 g/mol. The van der Waals surface area contributed by atoms with Crippen LogP contribution in [-0.4, -0.2) is 18.3 Å². The molecule has 19 heavy (non-hydrogen) atoms. The summed E-state index contributed by atoms with van der Waals surface area (Å²) >= 11 is 0. The maximum absolute atomic E-state index is 11.4. The van der Waals surface area contributed by atoms with E-state index < -0.39 is 5.63 Å². The Kier molecular flexibility index (Phi) is 4.98. The molecular formula is C15H18O4. The minimum atomic E-state index is -0.394. The molecule has 0 saturated heterocycles. The fourth-order valence-corrected chi connectivity index (χ4v) is 1.95. The fraction of sp³-hybridized carbons (Fsp3) is 0.400. The van der Waals surface area contributed by atoms with Crippen LogP contribution in [-0.2, 0) is 0 Å². The van der Waals surface area contributed by atoms with Gasteiger partial charge in [-0.1, -0.05) is 18.6 Å². The topological polar surface area (TPSA) is 59.7 Å². The number of para-hydroxylation sites is 1. The highest BCUT2D eigenvalue weighted by atomic mass is 16.5. The lowest BCUT2D eigenvalue weighted by atomic mass is 10.2. The maximum atomic E-state index is 11.4. The van der Waals surface area contributed by atoms with Crippen LogP contribution in [0.5, 0.6) is 5.75 Å². The molecule has 4 nitrogen and oxygen atoms in total. The zero-order valence-corrected chi connectivity index (χ0v) is 10.8. The van der Waals surface area contributed by atoms with Crippen molar-refractivity contribution >= 4 is 11.0 Å². The first-order chi connectivity index (χ1) is 9.31. The second-order valence-corrected chi connectivity index (χ2v) is 4.41. The van der Waals surface area contributed by atoms with E-state index in [0.29, 0.717) is 17.9 Å². The Morgan fingerprint density at radius 2 is 1.89 bits per heavy atom. The molecule has 1 N–H and O–H groups in total. The highest BCUT2D eigenvalue weighted by Crippen LogP contribution is 2.23. The van der Waals surface area contributed by atoms with Gasteiger partial charge in [-0.15, -0.1) is 0 Å². The molecule has 0 aliphatic rings. The van der Waals surface area contributed by atoms with E-state index in [0.717, 1.165) is 31.1 Å². The number of fused-ring (bicyclic) bond motifs is 1. The van der Waals surface area contributed by atoms with Crippen molar-refractivity contribution in [2.45, 2.75) is 25.7 Å². The maximum Gasteiger partial charge on any atom is 0.339 e. The Labute approximate surface area is 111 Å². The van der Waals surface area contributed by atoms with Crippen LogP contribution in [0.1, 0.15) is 25.7 Å². The van der Waals surface area contributed by atoms with Crippen LogP contribution < -0.4 is 10.4 Å². The van der Waals surface area contributed by atoms with Gasteiger partial charge in [0.2, 0.25) is 0 Å². The molecule has 2 rings (SSSR count).